The van der Waals surface area contributed by atoms with Crippen molar-refractivity contribution in [3.8, 4) is 11.3 Å². The Morgan fingerprint density at radius 3 is 2.75 bits per heavy atom. The number of benzene rings is 1. The predicted molar refractivity (Wildman–Crippen MR) is 80.5 cm³/mol. The standard InChI is InChI=1S/C13H14N6S/c1-19(13-18-17-12(14)20-13)8-10-7-11(16-15-10)9-5-3-2-4-6-9/h2-7H,8H2,1H3,(H2,14,17)(H,15,16). The van der Waals surface area contributed by atoms with E-state index in [2.05, 4.69) is 20.4 Å². The maximum absolute atomic E-state index is 5.59. The molecule has 0 fully saturated rings. The number of nitrogens with zero attached hydrogens (tertiary/aromatic N) is 4. The molecule has 0 unspecified atom stereocenters. The van der Waals surface area contributed by atoms with Gasteiger partial charge in [0.2, 0.25) is 10.3 Å². The summed E-state index contributed by atoms with van der Waals surface area (Å²) in [4.78, 5) is 1.98. The van der Waals surface area contributed by atoms with E-state index in [0.717, 1.165) is 22.1 Å². The van der Waals surface area contributed by atoms with E-state index in [4.69, 9.17) is 5.73 Å². The van der Waals surface area contributed by atoms with Crippen molar-refractivity contribution >= 4 is 21.6 Å². The van der Waals surface area contributed by atoms with Gasteiger partial charge in [0.25, 0.3) is 0 Å². The highest BCUT2D eigenvalue weighted by Gasteiger charge is 2.10. The molecule has 0 aliphatic rings. The third-order valence-corrected chi connectivity index (χ3v) is 3.73. The van der Waals surface area contributed by atoms with Gasteiger partial charge in [-0.3, -0.25) is 5.10 Å². The van der Waals surface area contributed by atoms with Crippen LogP contribution in [0.15, 0.2) is 36.4 Å². The van der Waals surface area contributed by atoms with Gasteiger partial charge in [-0.1, -0.05) is 41.7 Å². The number of nitrogens with two attached hydrogens (primary N) is 1. The number of rotatable bonds is 4. The lowest BCUT2D eigenvalue weighted by Crippen LogP contribution is -2.16. The lowest BCUT2D eigenvalue weighted by molar-refractivity contribution is 0.854. The van der Waals surface area contributed by atoms with E-state index < -0.39 is 0 Å². The molecular weight excluding hydrogens is 272 g/mol. The molecule has 3 rings (SSSR count). The summed E-state index contributed by atoms with van der Waals surface area (Å²) >= 11 is 1.37. The fourth-order valence-electron chi connectivity index (χ4n) is 1.90. The quantitative estimate of drug-likeness (QED) is 0.767. The Morgan fingerprint density at radius 1 is 1.25 bits per heavy atom. The van der Waals surface area contributed by atoms with Crippen molar-refractivity contribution in [3.63, 3.8) is 0 Å². The predicted octanol–water partition coefficient (Wildman–Crippen LogP) is 2.15. The highest BCUT2D eigenvalue weighted by Crippen LogP contribution is 2.23. The van der Waals surface area contributed by atoms with Crippen LogP contribution < -0.4 is 10.6 Å². The van der Waals surface area contributed by atoms with Gasteiger partial charge >= 0.3 is 0 Å². The van der Waals surface area contributed by atoms with E-state index in [9.17, 15) is 0 Å². The first kappa shape index (κ1) is 12.6. The van der Waals surface area contributed by atoms with Gasteiger partial charge in [0, 0.05) is 12.6 Å². The molecule has 102 valence electrons. The minimum absolute atomic E-state index is 0.474. The Bertz CT molecular complexity index is 690. The van der Waals surface area contributed by atoms with Crippen molar-refractivity contribution in [2.24, 2.45) is 0 Å². The minimum Gasteiger partial charge on any atom is -0.374 e. The number of hydrogen-bond donors (Lipinski definition) is 2. The average molecular weight is 286 g/mol. The normalized spacial score (nSPS) is 10.7. The van der Waals surface area contributed by atoms with Crippen LogP contribution >= 0.6 is 11.3 Å². The lowest BCUT2D eigenvalue weighted by atomic mass is 10.1. The molecule has 0 spiro atoms. The Balaban J connectivity index is 1.74. The molecule has 7 heteroatoms. The molecule has 1 aromatic carbocycles. The number of anilines is 2. The highest BCUT2D eigenvalue weighted by atomic mass is 32.1. The van der Waals surface area contributed by atoms with Gasteiger partial charge in [-0.25, -0.2) is 0 Å². The van der Waals surface area contributed by atoms with Crippen LogP contribution in [0.4, 0.5) is 10.3 Å². The highest BCUT2D eigenvalue weighted by molar-refractivity contribution is 7.18. The van der Waals surface area contributed by atoms with E-state index in [1.54, 1.807) is 0 Å². The molecule has 0 atom stereocenters. The maximum atomic E-state index is 5.59. The molecule has 20 heavy (non-hydrogen) atoms. The van der Waals surface area contributed by atoms with Crippen molar-refractivity contribution < 1.29 is 0 Å². The molecule has 0 aliphatic carbocycles. The Morgan fingerprint density at radius 2 is 2.05 bits per heavy atom. The molecule has 3 aromatic rings. The third-order valence-electron chi connectivity index (χ3n) is 2.86. The van der Waals surface area contributed by atoms with E-state index >= 15 is 0 Å². The molecule has 2 aromatic heterocycles. The first-order valence-corrected chi connectivity index (χ1v) is 6.94. The zero-order valence-electron chi connectivity index (χ0n) is 10.9. The van der Waals surface area contributed by atoms with Crippen molar-refractivity contribution in [2.75, 3.05) is 17.7 Å². The number of nitrogen functional groups attached to an aromatic ring is 1. The number of H-pyrrole nitrogens is 1. The summed E-state index contributed by atoms with van der Waals surface area (Å²) in [6.07, 6.45) is 0. The van der Waals surface area contributed by atoms with Gasteiger partial charge in [-0.2, -0.15) is 5.10 Å². The van der Waals surface area contributed by atoms with Crippen LogP contribution in [-0.4, -0.2) is 27.4 Å². The molecule has 0 radical (unpaired) electrons. The van der Waals surface area contributed by atoms with Gasteiger partial charge in [-0.05, 0) is 6.07 Å². The summed E-state index contributed by atoms with van der Waals surface area (Å²) in [6.45, 7) is 0.675. The first-order chi connectivity index (χ1) is 9.72. The molecular formula is C13H14N6S. The second kappa shape index (κ2) is 5.30. The average Bonchev–Trinajstić information content (AvgIpc) is 3.09. The van der Waals surface area contributed by atoms with E-state index in [1.807, 2.05) is 48.3 Å². The molecule has 0 aliphatic heterocycles. The number of hydrogen-bond acceptors (Lipinski definition) is 6. The zero-order chi connectivity index (χ0) is 13.9. The fraction of sp³-hybridized carbons (Fsp3) is 0.154. The van der Waals surface area contributed by atoms with Gasteiger partial charge < -0.3 is 10.6 Å². The summed E-state index contributed by atoms with van der Waals surface area (Å²) in [5.74, 6) is 0. The van der Waals surface area contributed by atoms with Gasteiger partial charge in [-0.15, -0.1) is 10.2 Å². The molecule has 3 N–H and O–H groups in total. The monoisotopic (exact) mass is 286 g/mol. The molecule has 0 amide bonds. The number of nitrogens with one attached hydrogen (secondary N) is 1. The Labute approximate surface area is 120 Å². The smallest absolute Gasteiger partial charge is 0.210 e. The van der Waals surface area contributed by atoms with Crippen molar-refractivity contribution in [1.29, 1.82) is 0 Å². The van der Waals surface area contributed by atoms with Crippen LogP contribution in [0, 0.1) is 0 Å². The molecule has 0 saturated carbocycles. The van der Waals surface area contributed by atoms with Gasteiger partial charge in [0.1, 0.15) is 0 Å². The van der Waals surface area contributed by atoms with Crippen LogP contribution in [0.25, 0.3) is 11.3 Å². The fourth-order valence-corrected chi connectivity index (χ4v) is 2.47. The van der Waals surface area contributed by atoms with Gasteiger partial charge in [0.15, 0.2) is 0 Å². The van der Waals surface area contributed by atoms with Crippen LogP contribution in [0.2, 0.25) is 0 Å². The van der Waals surface area contributed by atoms with Crippen LogP contribution in [0.3, 0.4) is 0 Å². The summed E-state index contributed by atoms with van der Waals surface area (Å²) in [7, 11) is 1.95. The maximum Gasteiger partial charge on any atom is 0.210 e. The topological polar surface area (TPSA) is 83.7 Å². The SMILES string of the molecule is CN(Cc1cc(-c2ccccc2)n[nH]1)c1nnc(N)s1. The van der Waals surface area contributed by atoms with Gasteiger partial charge in [0.05, 0.1) is 17.9 Å². The zero-order valence-corrected chi connectivity index (χ0v) is 11.8. The lowest BCUT2D eigenvalue weighted by Gasteiger charge is -2.12. The van der Waals surface area contributed by atoms with E-state index in [-0.39, 0.29) is 0 Å². The number of aromatic amines is 1. The summed E-state index contributed by atoms with van der Waals surface area (Å²) in [6, 6.07) is 12.1. The van der Waals surface area contributed by atoms with Crippen LogP contribution in [-0.2, 0) is 6.54 Å². The largest absolute Gasteiger partial charge is 0.374 e. The van der Waals surface area contributed by atoms with Crippen molar-refractivity contribution in [3.05, 3.63) is 42.1 Å². The Hall–Kier alpha value is -2.41. The van der Waals surface area contributed by atoms with E-state index in [0.29, 0.717) is 11.7 Å². The minimum atomic E-state index is 0.474. The van der Waals surface area contributed by atoms with Crippen LogP contribution in [0.5, 0.6) is 0 Å². The summed E-state index contributed by atoms with van der Waals surface area (Å²) in [5.41, 5.74) is 8.63. The van der Waals surface area contributed by atoms with Crippen molar-refractivity contribution in [2.45, 2.75) is 6.54 Å². The number of aromatic nitrogens is 4. The molecule has 6 nitrogen and oxygen atoms in total. The van der Waals surface area contributed by atoms with Crippen molar-refractivity contribution in [1.82, 2.24) is 20.4 Å². The third kappa shape index (κ3) is 2.62. The molecule has 0 bridgehead atoms. The summed E-state index contributed by atoms with van der Waals surface area (Å²) < 4.78 is 0. The second-order valence-electron chi connectivity index (χ2n) is 4.42. The molecule has 2 heterocycles. The van der Waals surface area contributed by atoms with Crippen LogP contribution in [0.1, 0.15) is 5.69 Å². The molecule has 0 saturated heterocycles. The Kier molecular flexibility index (Phi) is 3.34. The first-order valence-electron chi connectivity index (χ1n) is 6.12. The summed E-state index contributed by atoms with van der Waals surface area (Å²) in [5, 5.41) is 16.5. The second-order valence-corrected chi connectivity index (χ2v) is 5.41. The van der Waals surface area contributed by atoms with E-state index in [1.165, 1.54) is 11.3 Å².